The van der Waals surface area contributed by atoms with Gasteiger partial charge in [0.1, 0.15) is 5.75 Å². The third kappa shape index (κ3) is 3.65. The van der Waals surface area contributed by atoms with E-state index in [1.165, 1.54) is 4.68 Å². The lowest BCUT2D eigenvalue weighted by Gasteiger charge is -2.18. The van der Waals surface area contributed by atoms with Crippen molar-refractivity contribution in [3.8, 4) is 5.75 Å². The van der Waals surface area contributed by atoms with Gasteiger partial charge in [0, 0.05) is 32.7 Å². The number of aromatic hydroxyl groups is 1. The van der Waals surface area contributed by atoms with Crippen LogP contribution < -0.4 is 15.8 Å². The summed E-state index contributed by atoms with van der Waals surface area (Å²) < 4.78 is 1.30. The van der Waals surface area contributed by atoms with E-state index < -0.39 is 0 Å². The maximum Gasteiger partial charge on any atom is 0.268 e. The first-order valence-corrected chi connectivity index (χ1v) is 8.31. The Kier molecular flexibility index (Phi) is 4.74. The zero-order valence-electron chi connectivity index (χ0n) is 14.4. The number of aryl methyl sites for hydroxylation is 2. The van der Waals surface area contributed by atoms with Crippen LogP contribution >= 0.6 is 0 Å². The van der Waals surface area contributed by atoms with Crippen molar-refractivity contribution in [2.24, 2.45) is 13.0 Å². The molecule has 25 heavy (non-hydrogen) atoms. The van der Waals surface area contributed by atoms with Crippen LogP contribution in [-0.4, -0.2) is 40.4 Å². The second kappa shape index (κ2) is 6.96. The number of nitrogens with zero attached hydrogens (tertiary/aromatic N) is 3. The summed E-state index contributed by atoms with van der Waals surface area (Å²) in [6, 6.07) is 6.71. The van der Waals surface area contributed by atoms with Gasteiger partial charge in [-0.05, 0) is 30.9 Å². The van der Waals surface area contributed by atoms with Crippen LogP contribution in [0.15, 0.2) is 35.3 Å². The number of carbonyl (C=O) groups excluding carboxylic acids is 1. The standard InChI is InChI=1S/C18H22N4O3/c1-12-4-3-5-15(17(12)24)18(25)19-9-13-6-7-22(11-13)14-8-16(23)21(2)20-10-14/h3-5,8,10,13,24H,6-7,9,11H2,1-2H3,(H,19,25). The van der Waals surface area contributed by atoms with Gasteiger partial charge in [0.25, 0.3) is 11.5 Å². The summed E-state index contributed by atoms with van der Waals surface area (Å²) in [6.45, 7) is 3.88. The molecule has 1 aliphatic heterocycles. The van der Waals surface area contributed by atoms with Crippen molar-refractivity contribution in [2.75, 3.05) is 24.5 Å². The molecule has 2 aromatic rings. The number of rotatable bonds is 4. The van der Waals surface area contributed by atoms with Crippen molar-refractivity contribution < 1.29 is 9.90 Å². The molecular formula is C18H22N4O3. The lowest BCUT2D eigenvalue weighted by molar-refractivity contribution is 0.0945. The minimum absolute atomic E-state index is 0.0271. The smallest absolute Gasteiger partial charge is 0.268 e. The van der Waals surface area contributed by atoms with Crippen LogP contribution in [0.4, 0.5) is 5.69 Å². The monoisotopic (exact) mass is 342 g/mol. The second-order valence-corrected chi connectivity index (χ2v) is 6.46. The number of benzene rings is 1. The number of phenolic OH excluding ortho intramolecular Hbond substituents is 1. The normalized spacial score (nSPS) is 16.9. The molecule has 1 atom stereocenters. The molecule has 1 aromatic carbocycles. The Hall–Kier alpha value is -2.83. The first-order chi connectivity index (χ1) is 12.0. The molecule has 7 heteroatoms. The van der Waals surface area contributed by atoms with Crippen LogP contribution in [0.2, 0.25) is 0 Å². The van der Waals surface area contributed by atoms with Crippen molar-refractivity contribution in [1.82, 2.24) is 15.1 Å². The highest BCUT2D eigenvalue weighted by Crippen LogP contribution is 2.23. The van der Waals surface area contributed by atoms with Crippen LogP contribution in [0.5, 0.6) is 5.75 Å². The Morgan fingerprint density at radius 3 is 3.00 bits per heavy atom. The van der Waals surface area contributed by atoms with Crippen LogP contribution in [0, 0.1) is 12.8 Å². The summed E-state index contributed by atoms with van der Waals surface area (Å²) in [5.41, 5.74) is 1.65. The molecule has 1 aromatic heterocycles. The van der Waals surface area contributed by atoms with E-state index in [0.29, 0.717) is 23.6 Å². The van der Waals surface area contributed by atoms with Crippen molar-refractivity contribution >= 4 is 11.6 Å². The van der Waals surface area contributed by atoms with Crippen LogP contribution in [0.25, 0.3) is 0 Å². The van der Waals surface area contributed by atoms with Gasteiger partial charge in [-0.25, -0.2) is 4.68 Å². The molecule has 1 aliphatic rings. The zero-order valence-corrected chi connectivity index (χ0v) is 14.4. The van der Waals surface area contributed by atoms with Gasteiger partial charge in [0.05, 0.1) is 17.4 Å². The first kappa shape index (κ1) is 17.0. The Labute approximate surface area is 145 Å². The molecule has 0 aliphatic carbocycles. The van der Waals surface area contributed by atoms with Crippen molar-refractivity contribution in [2.45, 2.75) is 13.3 Å². The maximum atomic E-state index is 12.3. The minimum atomic E-state index is -0.269. The van der Waals surface area contributed by atoms with E-state index >= 15 is 0 Å². The molecule has 0 bridgehead atoms. The highest BCUT2D eigenvalue weighted by molar-refractivity contribution is 5.97. The van der Waals surface area contributed by atoms with Crippen molar-refractivity contribution in [1.29, 1.82) is 0 Å². The molecule has 7 nitrogen and oxygen atoms in total. The third-order valence-corrected chi connectivity index (χ3v) is 4.64. The fourth-order valence-electron chi connectivity index (χ4n) is 3.04. The van der Waals surface area contributed by atoms with Gasteiger partial charge in [0.15, 0.2) is 0 Å². The molecule has 0 radical (unpaired) electrons. The summed E-state index contributed by atoms with van der Waals surface area (Å²) in [5, 5.41) is 16.9. The summed E-state index contributed by atoms with van der Waals surface area (Å²) in [7, 11) is 1.62. The zero-order chi connectivity index (χ0) is 18.0. The van der Waals surface area contributed by atoms with Gasteiger partial charge >= 0.3 is 0 Å². The van der Waals surface area contributed by atoms with E-state index in [4.69, 9.17) is 0 Å². The molecule has 1 fully saturated rings. The summed E-state index contributed by atoms with van der Waals surface area (Å²) in [5.74, 6) is 0.0501. The molecule has 2 heterocycles. The van der Waals surface area contributed by atoms with E-state index in [-0.39, 0.29) is 17.2 Å². The highest BCUT2D eigenvalue weighted by atomic mass is 16.3. The van der Waals surface area contributed by atoms with Crippen molar-refractivity contribution in [3.63, 3.8) is 0 Å². The fraction of sp³-hybridized carbons (Fsp3) is 0.389. The van der Waals surface area contributed by atoms with Crippen LogP contribution in [-0.2, 0) is 7.05 Å². The maximum absolute atomic E-state index is 12.3. The molecule has 2 N–H and O–H groups in total. The SMILES string of the molecule is Cc1cccc(C(=O)NCC2CCN(c3cnn(C)c(=O)c3)C2)c1O. The Balaban J connectivity index is 1.58. The quantitative estimate of drug-likeness (QED) is 0.867. The second-order valence-electron chi connectivity index (χ2n) is 6.46. The average molecular weight is 342 g/mol. The molecule has 0 saturated carbocycles. The van der Waals surface area contributed by atoms with E-state index in [9.17, 15) is 14.7 Å². The number of hydrogen-bond acceptors (Lipinski definition) is 5. The Morgan fingerprint density at radius 2 is 2.24 bits per heavy atom. The predicted octanol–water partition coefficient (Wildman–Crippen LogP) is 1.05. The highest BCUT2D eigenvalue weighted by Gasteiger charge is 2.24. The topological polar surface area (TPSA) is 87.5 Å². The van der Waals surface area contributed by atoms with Crippen LogP contribution in [0.1, 0.15) is 22.3 Å². The van der Waals surface area contributed by atoms with Gasteiger partial charge in [-0.15, -0.1) is 0 Å². The summed E-state index contributed by atoms with van der Waals surface area (Å²) in [6.07, 6.45) is 2.61. The number of hydrogen-bond donors (Lipinski definition) is 2. The molecule has 1 amide bonds. The molecule has 3 rings (SSSR count). The van der Waals surface area contributed by atoms with Crippen molar-refractivity contribution in [3.05, 3.63) is 51.9 Å². The lowest BCUT2D eigenvalue weighted by Crippen LogP contribution is -2.31. The summed E-state index contributed by atoms with van der Waals surface area (Å²) >= 11 is 0. The summed E-state index contributed by atoms with van der Waals surface area (Å²) in [4.78, 5) is 26.1. The molecule has 132 valence electrons. The third-order valence-electron chi connectivity index (χ3n) is 4.64. The molecule has 1 unspecified atom stereocenters. The van der Waals surface area contributed by atoms with E-state index in [0.717, 1.165) is 25.2 Å². The van der Waals surface area contributed by atoms with Gasteiger partial charge in [-0.2, -0.15) is 5.10 Å². The average Bonchev–Trinajstić information content (AvgIpc) is 3.06. The predicted molar refractivity (Wildman–Crippen MR) is 95.0 cm³/mol. The Bertz CT molecular complexity index is 846. The van der Waals surface area contributed by atoms with E-state index in [1.807, 2.05) is 0 Å². The number of anilines is 1. The number of phenols is 1. The fourth-order valence-corrected chi connectivity index (χ4v) is 3.04. The lowest BCUT2D eigenvalue weighted by atomic mass is 10.1. The Morgan fingerprint density at radius 1 is 1.44 bits per heavy atom. The van der Waals surface area contributed by atoms with Gasteiger partial charge in [-0.1, -0.05) is 12.1 Å². The number of aromatic nitrogens is 2. The van der Waals surface area contributed by atoms with Crippen LogP contribution in [0.3, 0.4) is 0 Å². The van der Waals surface area contributed by atoms with Gasteiger partial charge in [0.2, 0.25) is 0 Å². The first-order valence-electron chi connectivity index (χ1n) is 8.31. The molecule has 1 saturated heterocycles. The number of nitrogens with one attached hydrogen (secondary N) is 1. The van der Waals surface area contributed by atoms with E-state index in [1.54, 1.807) is 44.4 Å². The number of carbonyl (C=O) groups is 1. The number of amides is 1. The number of para-hydroxylation sites is 1. The molecular weight excluding hydrogens is 320 g/mol. The largest absolute Gasteiger partial charge is 0.507 e. The minimum Gasteiger partial charge on any atom is -0.507 e. The van der Waals surface area contributed by atoms with Gasteiger partial charge in [-0.3, -0.25) is 9.59 Å². The molecule has 0 spiro atoms. The van der Waals surface area contributed by atoms with Gasteiger partial charge < -0.3 is 15.3 Å². The van der Waals surface area contributed by atoms with E-state index in [2.05, 4.69) is 15.3 Å².